The Hall–Kier alpha value is -2.96. The number of hydrogen-bond acceptors (Lipinski definition) is 4. The van der Waals surface area contributed by atoms with Crippen molar-refractivity contribution < 1.29 is 0 Å². The normalized spacial score (nSPS) is 14.1. The van der Waals surface area contributed by atoms with Gasteiger partial charge in [0.15, 0.2) is 0 Å². The number of aromatic nitrogens is 4. The molecule has 2 heterocycles. The van der Waals surface area contributed by atoms with Crippen LogP contribution in [0, 0.1) is 12.3 Å². The zero-order valence-electron chi connectivity index (χ0n) is 18.3. The second-order valence-corrected chi connectivity index (χ2v) is 9.37. The molecule has 0 spiro atoms. The van der Waals surface area contributed by atoms with Crippen LogP contribution in [0.3, 0.4) is 0 Å². The standard InChI is InChI=1S/C14H20N5P.C11H10/c1-19-13(15)11(9-17-19)12-7-8-16-14(18-12)20-10-5-3-2-4-6-10;1-4-10-5-7-11(8-6-10)9(2)3/h7-10,20H,2-6,15H2,1H3;1,5-8H,2H2,3H3. The van der Waals surface area contributed by atoms with Crippen LogP contribution in [-0.2, 0) is 7.05 Å². The summed E-state index contributed by atoms with van der Waals surface area (Å²) >= 11 is 0. The van der Waals surface area contributed by atoms with Gasteiger partial charge in [-0.3, -0.25) is 4.68 Å². The van der Waals surface area contributed by atoms with E-state index in [-0.39, 0.29) is 0 Å². The number of aryl methyl sites for hydroxylation is 1. The highest BCUT2D eigenvalue weighted by Crippen LogP contribution is 2.32. The van der Waals surface area contributed by atoms with Gasteiger partial charge in [-0.15, -0.1) is 6.42 Å². The molecule has 1 unspecified atom stereocenters. The van der Waals surface area contributed by atoms with Gasteiger partial charge in [0.25, 0.3) is 0 Å². The summed E-state index contributed by atoms with van der Waals surface area (Å²) < 4.78 is 1.67. The molecule has 0 radical (unpaired) electrons. The number of benzene rings is 1. The summed E-state index contributed by atoms with van der Waals surface area (Å²) in [7, 11) is 2.55. The van der Waals surface area contributed by atoms with Gasteiger partial charge in [0.1, 0.15) is 11.4 Å². The van der Waals surface area contributed by atoms with E-state index in [1.165, 1.54) is 32.1 Å². The molecule has 1 atom stereocenters. The molecule has 1 fully saturated rings. The smallest absolute Gasteiger partial charge is 0.148 e. The van der Waals surface area contributed by atoms with Crippen molar-refractivity contribution in [2.45, 2.75) is 44.7 Å². The van der Waals surface area contributed by atoms with Crippen molar-refractivity contribution in [2.75, 3.05) is 5.73 Å². The fourth-order valence-electron chi connectivity index (χ4n) is 3.50. The SMILES string of the molecule is C#Cc1ccc(C(=C)C)cc1.Cn1ncc(-c2ccnc(PC3CCCCC3)n2)c1N. The van der Waals surface area contributed by atoms with E-state index in [1.54, 1.807) is 10.9 Å². The monoisotopic (exact) mass is 431 g/mol. The minimum Gasteiger partial charge on any atom is -0.383 e. The molecule has 2 N–H and O–H groups in total. The molecule has 1 aromatic carbocycles. The Morgan fingerprint density at radius 1 is 1.19 bits per heavy atom. The summed E-state index contributed by atoms with van der Waals surface area (Å²) in [5.74, 6) is 3.21. The Balaban J connectivity index is 0.000000210. The maximum Gasteiger partial charge on any atom is 0.148 e. The maximum atomic E-state index is 6.01. The molecule has 1 aliphatic rings. The van der Waals surface area contributed by atoms with Gasteiger partial charge in [-0.25, -0.2) is 9.97 Å². The molecule has 5 nitrogen and oxygen atoms in total. The van der Waals surface area contributed by atoms with Gasteiger partial charge in [-0.1, -0.05) is 49.5 Å². The Bertz CT molecular complexity index is 1060. The lowest BCUT2D eigenvalue weighted by atomic mass is 10.0. The summed E-state index contributed by atoms with van der Waals surface area (Å²) in [6, 6.07) is 9.71. The van der Waals surface area contributed by atoms with Crippen LogP contribution in [0.15, 0.2) is 49.3 Å². The highest BCUT2D eigenvalue weighted by Gasteiger charge is 2.16. The van der Waals surface area contributed by atoms with Gasteiger partial charge in [0.05, 0.1) is 17.5 Å². The molecular formula is C25H30N5P. The average molecular weight is 432 g/mol. The Kier molecular flexibility index (Phi) is 7.98. The van der Waals surface area contributed by atoms with Crippen molar-refractivity contribution in [3.05, 3.63) is 60.4 Å². The molecular weight excluding hydrogens is 401 g/mol. The van der Waals surface area contributed by atoms with E-state index in [9.17, 15) is 0 Å². The van der Waals surface area contributed by atoms with Crippen LogP contribution >= 0.6 is 8.58 Å². The summed E-state index contributed by atoms with van der Waals surface area (Å²) in [4.78, 5) is 9.11. The summed E-state index contributed by atoms with van der Waals surface area (Å²) in [5.41, 5.74) is 12.6. The molecule has 2 aromatic heterocycles. The number of rotatable bonds is 4. The third-order valence-corrected chi connectivity index (χ3v) is 6.88. The first kappa shape index (κ1) is 22.7. The minimum atomic E-state index is 0.649. The Labute approximate surface area is 187 Å². The van der Waals surface area contributed by atoms with Crippen molar-refractivity contribution in [3.8, 4) is 23.6 Å². The van der Waals surface area contributed by atoms with Crippen LogP contribution in [0.1, 0.15) is 50.2 Å². The van der Waals surface area contributed by atoms with Crippen molar-refractivity contribution in [2.24, 2.45) is 7.05 Å². The molecule has 0 amide bonds. The van der Waals surface area contributed by atoms with E-state index >= 15 is 0 Å². The van der Waals surface area contributed by atoms with E-state index in [0.29, 0.717) is 14.4 Å². The van der Waals surface area contributed by atoms with E-state index in [1.807, 2.05) is 50.5 Å². The molecule has 1 aliphatic carbocycles. The van der Waals surface area contributed by atoms with Gasteiger partial charge < -0.3 is 5.73 Å². The van der Waals surface area contributed by atoms with Crippen LogP contribution in [0.2, 0.25) is 0 Å². The summed E-state index contributed by atoms with van der Waals surface area (Å²) in [6.45, 7) is 5.81. The molecule has 3 aromatic rings. The first-order chi connectivity index (χ1) is 15.0. The van der Waals surface area contributed by atoms with Gasteiger partial charge in [0, 0.05) is 18.8 Å². The number of nitrogens with two attached hydrogens (primary N) is 1. The quantitative estimate of drug-likeness (QED) is 0.476. The van der Waals surface area contributed by atoms with Gasteiger partial charge >= 0.3 is 0 Å². The van der Waals surface area contributed by atoms with Crippen LogP contribution in [0.5, 0.6) is 0 Å². The third-order valence-electron chi connectivity index (χ3n) is 5.40. The predicted molar refractivity (Wildman–Crippen MR) is 133 cm³/mol. The number of terminal acetylenes is 1. The molecule has 1 saturated carbocycles. The first-order valence-corrected chi connectivity index (χ1v) is 11.7. The molecule has 160 valence electrons. The first-order valence-electron chi connectivity index (χ1n) is 10.6. The Morgan fingerprint density at radius 3 is 2.48 bits per heavy atom. The predicted octanol–water partition coefficient (Wildman–Crippen LogP) is 4.80. The lowest BCUT2D eigenvalue weighted by molar-refractivity contribution is 0.514. The molecule has 31 heavy (non-hydrogen) atoms. The topological polar surface area (TPSA) is 69.6 Å². The number of anilines is 1. The average Bonchev–Trinajstić information content (AvgIpc) is 3.13. The number of nitrogens with zero attached hydrogens (tertiary/aromatic N) is 4. The molecule has 0 aliphatic heterocycles. The van der Waals surface area contributed by atoms with E-state index in [4.69, 9.17) is 12.2 Å². The number of nitrogen functional groups attached to an aromatic ring is 1. The van der Waals surface area contributed by atoms with Gasteiger partial charge in [-0.2, -0.15) is 5.10 Å². The maximum absolute atomic E-state index is 6.01. The molecule has 0 bridgehead atoms. The minimum absolute atomic E-state index is 0.649. The molecule has 4 rings (SSSR count). The lowest BCUT2D eigenvalue weighted by Gasteiger charge is -2.20. The van der Waals surface area contributed by atoms with Crippen molar-refractivity contribution in [3.63, 3.8) is 0 Å². The fourth-order valence-corrected chi connectivity index (χ4v) is 4.90. The highest BCUT2D eigenvalue weighted by atomic mass is 31.1. The summed E-state index contributed by atoms with van der Waals surface area (Å²) in [5, 5.41) is 4.17. The number of allylic oxidation sites excluding steroid dienone is 1. The van der Waals surface area contributed by atoms with Gasteiger partial charge in [0.2, 0.25) is 0 Å². The van der Waals surface area contributed by atoms with Crippen LogP contribution < -0.4 is 11.3 Å². The van der Waals surface area contributed by atoms with Crippen molar-refractivity contribution >= 4 is 25.5 Å². The van der Waals surface area contributed by atoms with E-state index < -0.39 is 0 Å². The van der Waals surface area contributed by atoms with Crippen LogP contribution in [0.4, 0.5) is 5.82 Å². The van der Waals surface area contributed by atoms with Gasteiger partial charge in [-0.05, 0) is 57.8 Å². The van der Waals surface area contributed by atoms with Crippen LogP contribution in [-0.4, -0.2) is 25.4 Å². The van der Waals surface area contributed by atoms with E-state index in [0.717, 1.165) is 39.2 Å². The second kappa shape index (κ2) is 10.9. The second-order valence-electron chi connectivity index (χ2n) is 7.81. The zero-order valence-corrected chi connectivity index (χ0v) is 19.3. The zero-order chi connectivity index (χ0) is 22.2. The Morgan fingerprint density at radius 2 is 1.90 bits per heavy atom. The fraction of sp³-hybridized carbons (Fsp3) is 0.320. The molecule has 0 saturated heterocycles. The number of hydrogen-bond donors (Lipinski definition) is 1. The van der Waals surface area contributed by atoms with Crippen molar-refractivity contribution in [1.29, 1.82) is 0 Å². The largest absolute Gasteiger partial charge is 0.383 e. The van der Waals surface area contributed by atoms with E-state index in [2.05, 4.69) is 27.6 Å². The summed E-state index contributed by atoms with van der Waals surface area (Å²) in [6.07, 6.45) is 15.5. The lowest BCUT2D eigenvalue weighted by Crippen LogP contribution is -2.15. The molecule has 6 heteroatoms. The van der Waals surface area contributed by atoms with Crippen LogP contribution in [0.25, 0.3) is 16.8 Å². The third kappa shape index (κ3) is 6.26. The highest BCUT2D eigenvalue weighted by molar-refractivity contribution is 7.47. The van der Waals surface area contributed by atoms with Crippen molar-refractivity contribution in [1.82, 2.24) is 19.7 Å².